The van der Waals surface area contributed by atoms with E-state index in [9.17, 15) is 9.59 Å². The maximum Gasteiger partial charge on any atom is 0.251 e. The van der Waals surface area contributed by atoms with Crippen LogP contribution in [0.15, 0.2) is 42.5 Å². The molecule has 4 rings (SSSR count). The van der Waals surface area contributed by atoms with E-state index >= 15 is 0 Å². The number of hydrogen-bond donors (Lipinski definition) is 1. The number of methoxy groups -OCH3 is 1. The van der Waals surface area contributed by atoms with Gasteiger partial charge in [0.25, 0.3) is 5.91 Å². The van der Waals surface area contributed by atoms with E-state index in [4.69, 9.17) is 21.1 Å². The first-order valence-corrected chi connectivity index (χ1v) is 11.3. The van der Waals surface area contributed by atoms with Crippen LogP contribution >= 0.6 is 11.6 Å². The Bertz CT molecular complexity index is 960. The number of nitrogens with one attached hydrogen (secondary N) is 1. The summed E-state index contributed by atoms with van der Waals surface area (Å²) in [7, 11) is 1.64. The van der Waals surface area contributed by atoms with Crippen molar-refractivity contribution in [3.8, 4) is 5.75 Å². The molecule has 0 aliphatic carbocycles. The molecule has 0 saturated carbocycles. The largest absolute Gasteiger partial charge is 0.497 e. The lowest BCUT2D eigenvalue weighted by Crippen LogP contribution is -2.43. The second-order valence-electron chi connectivity index (χ2n) is 7.96. The molecule has 8 heteroatoms. The van der Waals surface area contributed by atoms with E-state index in [0.29, 0.717) is 49.0 Å². The lowest BCUT2D eigenvalue weighted by Gasteiger charge is -2.35. The number of halogens is 1. The van der Waals surface area contributed by atoms with Gasteiger partial charge in [0.2, 0.25) is 5.91 Å². The zero-order valence-electron chi connectivity index (χ0n) is 18.2. The Labute approximate surface area is 193 Å². The van der Waals surface area contributed by atoms with E-state index in [1.54, 1.807) is 30.2 Å². The molecule has 0 bridgehead atoms. The summed E-state index contributed by atoms with van der Waals surface area (Å²) in [5.41, 5.74) is 2.19. The molecule has 0 spiro atoms. The minimum atomic E-state index is -0.193. The average molecular weight is 458 g/mol. The van der Waals surface area contributed by atoms with Crippen LogP contribution in [-0.2, 0) is 9.53 Å². The molecule has 2 aliphatic heterocycles. The van der Waals surface area contributed by atoms with Crippen LogP contribution in [-0.4, -0.2) is 63.2 Å². The molecule has 2 heterocycles. The summed E-state index contributed by atoms with van der Waals surface area (Å²) < 4.78 is 10.8. The molecule has 170 valence electrons. The predicted octanol–water partition coefficient (Wildman–Crippen LogP) is 3.28. The normalized spacial score (nSPS) is 17.9. The molecule has 32 heavy (non-hydrogen) atoms. The maximum atomic E-state index is 13.0. The van der Waals surface area contributed by atoms with Crippen LogP contribution in [0, 0.1) is 0 Å². The van der Waals surface area contributed by atoms with Gasteiger partial charge in [0.15, 0.2) is 0 Å². The van der Waals surface area contributed by atoms with Crippen molar-refractivity contribution in [1.29, 1.82) is 0 Å². The van der Waals surface area contributed by atoms with E-state index in [1.165, 1.54) is 0 Å². The summed E-state index contributed by atoms with van der Waals surface area (Å²) in [6.45, 7) is 4.02. The van der Waals surface area contributed by atoms with Gasteiger partial charge in [-0.3, -0.25) is 14.5 Å². The van der Waals surface area contributed by atoms with E-state index in [0.717, 1.165) is 30.8 Å². The fourth-order valence-electron chi connectivity index (χ4n) is 4.23. The number of carbonyl (C=O) groups is 2. The zero-order valence-corrected chi connectivity index (χ0v) is 18.9. The Morgan fingerprint density at radius 1 is 1.16 bits per heavy atom. The molecule has 0 unspecified atom stereocenters. The number of nitrogens with zero attached hydrogens (tertiary/aromatic N) is 2. The number of carbonyl (C=O) groups excluding carboxylic acids is 2. The van der Waals surface area contributed by atoms with Crippen LogP contribution in [0.3, 0.4) is 0 Å². The second-order valence-corrected chi connectivity index (χ2v) is 8.37. The van der Waals surface area contributed by atoms with Gasteiger partial charge in [0, 0.05) is 38.2 Å². The molecule has 2 aromatic carbocycles. The molecule has 0 aromatic heterocycles. The summed E-state index contributed by atoms with van der Waals surface area (Å²) in [6.07, 6.45) is 1.31. The van der Waals surface area contributed by atoms with Gasteiger partial charge < -0.3 is 19.7 Å². The van der Waals surface area contributed by atoms with Crippen molar-refractivity contribution < 1.29 is 19.1 Å². The number of anilines is 1. The van der Waals surface area contributed by atoms with Crippen molar-refractivity contribution >= 4 is 29.1 Å². The molecule has 2 saturated heterocycles. The summed E-state index contributed by atoms with van der Waals surface area (Å²) in [6, 6.07) is 13.0. The van der Waals surface area contributed by atoms with Crippen LogP contribution in [0.2, 0.25) is 5.02 Å². The fraction of sp³-hybridized carbons (Fsp3) is 0.417. The lowest BCUT2D eigenvalue weighted by molar-refractivity contribution is -0.117. The Morgan fingerprint density at radius 3 is 2.56 bits per heavy atom. The fourth-order valence-corrected chi connectivity index (χ4v) is 4.45. The number of hydrogen-bond acceptors (Lipinski definition) is 5. The van der Waals surface area contributed by atoms with Crippen molar-refractivity contribution in [1.82, 2.24) is 10.2 Å². The first-order valence-electron chi connectivity index (χ1n) is 10.9. The molecule has 2 fully saturated rings. The average Bonchev–Trinajstić information content (AvgIpc) is 3.26. The van der Waals surface area contributed by atoms with E-state index in [1.807, 2.05) is 24.3 Å². The number of rotatable bonds is 7. The van der Waals surface area contributed by atoms with Gasteiger partial charge in [-0.2, -0.15) is 0 Å². The minimum absolute atomic E-state index is 0.0145. The molecular weight excluding hydrogens is 430 g/mol. The predicted molar refractivity (Wildman–Crippen MR) is 123 cm³/mol. The molecule has 0 radical (unpaired) electrons. The Hall–Kier alpha value is -2.61. The van der Waals surface area contributed by atoms with Gasteiger partial charge in [-0.1, -0.05) is 23.7 Å². The Balaban J connectivity index is 1.49. The molecule has 2 amide bonds. The van der Waals surface area contributed by atoms with Gasteiger partial charge in [0.1, 0.15) is 5.75 Å². The third-order valence-corrected chi connectivity index (χ3v) is 6.34. The van der Waals surface area contributed by atoms with E-state index in [-0.39, 0.29) is 17.9 Å². The van der Waals surface area contributed by atoms with E-state index < -0.39 is 0 Å². The van der Waals surface area contributed by atoms with Gasteiger partial charge >= 0.3 is 0 Å². The van der Waals surface area contributed by atoms with Crippen LogP contribution in [0.5, 0.6) is 5.75 Å². The third-order valence-electron chi connectivity index (χ3n) is 6.02. The highest BCUT2D eigenvalue weighted by Crippen LogP contribution is 2.30. The van der Waals surface area contributed by atoms with Crippen LogP contribution in [0.4, 0.5) is 5.69 Å². The molecule has 1 N–H and O–H groups in total. The lowest BCUT2D eigenvalue weighted by atomic mass is 10.0. The van der Waals surface area contributed by atoms with Crippen LogP contribution in [0.25, 0.3) is 0 Å². The molecular formula is C24H28ClN3O4. The van der Waals surface area contributed by atoms with Crippen molar-refractivity contribution in [3.05, 3.63) is 58.6 Å². The van der Waals surface area contributed by atoms with Crippen molar-refractivity contribution in [2.75, 3.05) is 51.4 Å². The standard InChI is InChI=1S/C24H28ClN3O4/c1-31-19-7-4-17(5-8-19)22(27-11-13-32-14-12-27)16-26-24(30)18-6-9-20(25)21(15-18)28-10-2-3-23(28)29/h4-9,15,22H,2-3,10-14,16H2,1H3,(H,26,30)/t22-/m1/s1. The molecule has 2 aromatic rings. The topological polar surface area (TPSA) is 71.1 Å². The quantitative estimate of drug-likeness (QED) is 0.691. The summed E-state index contributed by atoms with van der Waals surface area (Å²) in [4.78, 5) is 29.1. The second kappa shape index (κ2) is 10.3. The summed E-state index contributed by atoms with van der Waals surface area (Å²) in [5, 5.41) is 3.55. The molecule has 7 nitrogen and oxygen atoms in total. The van der Waals surface area contributed by atoms with Gasteiger partial charge in [-0.25, -0.2) is 0 Å². The van der Waals surface area contributed by atoms with Gasteiger partial charge in [-0.15, -0.1) is 0 Å². The van der Waals surface area contributed by atoms with Crippen molar-refractivity contribution in [3.63, 3.8) is 0 Å². The molecule has 2 aliphatic rings. The van der Waals surface area contributed by atoms with Crippen LogP contribution < -0.4 is 15.0 Å². The number of morpholine rings is 1. The highest BCUT2D eigenvalue weighted by Gasteiger charge is 2.26. The third kappa shape index (κ3) is 5.06. The van der Waals surface area contributed by atoms with E-state index in [2.05, 4.69) is 10.2 Å². The first-order chi connectivity index (χ1) is 15.6. The monoisotopic (exact) mass is 457 g/mol. The SMILES string of the molecule is COc1ccc([C@@H](CNC(=O)c2ccc(Cl)c(N3CCCC3=O)c2)N2CCOCC2)cc1. The number of amides is 2. The Morgan fingerprint density at radius 2 is 1.91 bits per heavy atom. The Kier molecular flexibility index (Phi) is 7.29. The zero-order chi connectivity index (χ0) is 22.5. The minimum Gasteiger partial charge on any atom is -0.497 e. The maximum absolute atomic E-state index is 13.0. The number of benzene rings is 2. The van der Waals surface area contributed by atoms with Crippen LogP contribution in [0.1, 0.15) is 34.8 Å². The highest BCUT2D eigenvalue weighted by atomic mass is 35.5. The summed E-state index contributed by atoms with van der Waals surface area (Å²) in [5.74, 6) is 0.640. The smallest absolute Gasteiger partial charge is 0.251 e. The van der Waals surface area contributed by atoms with Crippen molar-refractivity contribution in [2.24, 2.45) is 0 Å². The summed E-state index contributed by atoms with van der Waals surface area (Å²) >= 11 is 6.33. The highest BCUT2D eigenvalue weighted by molar-refractivity contribution is 6.34. The first kappa shape index (κ1) is 22.6. The van der Waals surface area contributed by atoms with Crippen molar-refractivity contribution in [2.45, 2.75) is 18.9 Å². The van der Waals surface area contributed by atoms with Gasteiger partial charge in [0.05, 0.1) is 37.1 Å². The van der Waals surface area contributed by atoms with Gasteiger partial charge in [-0.05, 0) is 42.3 Å². The molecule has 1 atom stereocenters. The number of ether oxygens (including phenoxy) is 2.